The van der Waals surface area contributed by atoms with E-state index in [1.165, 1.54) is 30.6 Å². The largest absolute Gasteiger partial charge is 0.458 e. The van der Waals surface area contributed by atoms with Gasteiger partial charge < -0.3 is 10.5 Å². The quantitative estimate of drug-likeness (QED) is 0.595. The van der Waals surface area contributed by atoms with E-state index in [0.717, 1.165) is 12.8 Å². The lowest BCUT2D eigenvalue weighted by molar-refractivity contribution is 0.0326. The first-order valence-corrected chi connectivity index (χ1v) is 7.07. The number of nitrogens with two attached hydrogens (primary N) is 1. The van der Waals surface area contributed by atoms with Crippen LogP contribution in [0.2, 0.25) is 0 Å². The van der Waals surface area contributed by atoms with Crippen LogP contribution in [0.5, 0.6) is 0 Å². The lowest BCUT2D eigenvalue weighted by atomic mass is 10.1. The number of carbonyl (C=O) groups excluding carboxylic acids is 1. The highest BCUT2D eigenvalue weighted by Crippen LogP contribution is 2.21. The van der Waals surface area contributed by atoms with Gasteiger partial charge in [0.2, 0.25) is 0 Å². The van der Waals surface area contributed by atoms with Gasteiger partial charge in [-0.3, -0.25) is 0 Å². The summed E-state index contributed by atoms with van der Waals surface area (Å²) in [5.41, 5.74) is 6.18. The van der Waals surface area contributed by atoms with Gasteiger partial charge >= 0.3 is 5.97 Å². The van der Waals surface area contributed by atoms with Crippen LogP contribution in [0.1, 0.15) is 55.6 Å². The Labute approximate surface area is 107 Å². The Morgan fingerprint density at radius 1 is 1.47 bits per heavy atom. The molecule has 0 spiro atoms. The molecule has 1 rings (SSSR count). The summed E-state index contributed by atoms with van der Waals surface area (Å²) in [6.07, 6.45) is 5.69. The SMILES string of the molecule is CCCCCCC(C)OC(=O)c1sccc1N. The standard InChI is InChI=1S/C13H21NO2S/c1-3-4-5-6-7-10(2)16-13(15)12-11(14)8-9-17-12/h8-10H,3-7,14H2,1-2H3. The fraction of sp³-hybridized carbons (Fsp3) is 0.615. The maximum Gasteiger partial charge on any atom is 0.350 e. The molecular formula is C13H21NO2S. The monoisotopic (exact) mass is 255 g/mol. The van der Waals surface area contributed by atoms with Gasteiger partial charge in [0.1, 0.15) is 4.88 Å². The number of esters is 1. The second-order valence-corrected chi connectivity index (χ2v) is 5.19. The summed E-state index contributed by atoms with van der Waals surface area (Å²) in [5, 5.41) is 1.80. The molecule has 0 bridgehead atoms. The van der Waals surface area contributed by atoms with Crippen LogP contribution in [0.25, 0.3) is 0 Å². The van der Waals surface area contributed by atoms with Crippen LogP contribution >= 0.6 is 11.3 Å². The van der Waals surface area contributed by atoms with Gasteiger partial charge in [0, 0.05) is 0 Å². The Morgan fingerprint density at radius 3 is 2.82 bits per heavy atom. The fourth-order valence-electron chi connectivity index (χ4n) is 1.64. The van der Waals surface area contributed by atoms with Crippen molar-refractivity contribution in [2.45, 2.75) is 52.1 Å². The Balaban J connectivity index is 2.29. The van der Waals surface area contributed by atoms with Gasteiger partial charge in [-0.25, -0.2) is 4.79 Å². The lowest BCUT2D eigenvalue weighted by Crippen LogP contribution is -2.15. The Morgan fingerprint density at radius 2 is 2.24 bits per heavy atom. The van der Waals surface area contributed by atoms with Crippen LogP contribution in [0.4, 0.5) is 5.69 Å². The number of ether oxygens (including phenoxy) is 1. The summed E-state index contributed by atoms with van der Waals surface area (Å²) in [5.74, 6) is -0.291. The van der Waals surface area contributed by atoms with Gasteiger partial charge in [0.15, 0.2) is 0 Å². The molecule has 17 heavy (non-hydrogen) atoms. The Hall–Kier alpha value is -1.03. The van der Waals surface area contributed by atoms with Crippen LogP contribution in [-0.4, -0.2) is 12.1 Å². The highest BCUT2D eigenvalue weighted by atomic mass is 32.1. The summed E-state index contributed by atoms with van der Waals surface area (Å²) in [6.45, 7) is 4.12. The van der Waals surface area contributed by atoms with E-state index in [0.29, 0.717) is 10.6 Å². The molecule has 0 saturated carbocycles. The van der Waals surface area contributed by atoms with E-state index in [1.54, 1.807) is 11.4 Å². The van der Waals surface area contributed by atoms with Gasteiger partial charge in [-0.1, -0.05) is 26.2 Å². The molecule has 0 aliphatic carbocycles. The molecule has 4 heteroatoms. The van der Waals surface area contributed by atoms with Crippen molar-refractivity contribution in [3.05, 3.63) is 16.3 Å². The van der Waals surface area contributed by atoms with Crippen molar-refractivity contribution in [1.29, 1.82) is 0 Å². The van der Waals surface area contributed by atoms with Crippen molar-refractivity contribution in [3.63, 3.8) is 0 Å². The molecule has 1 unspecified atom stereocenters. The van der Waals surface area contributed by atoms with Crippen molar-refractivity contribution < 1.29 is 9.53 Å². The molecule has 1 heterocycles. The van der Waals surface area contributed by atoms with Gasteiger partial charge in [-0.15, -0.1) is 11.3 Å². The third-order valence-corrected chi connectivity index (χ3v) is 3.56. The number of hydrogen-bond donors (Lipinski definition) is 1. The molecule has 0 radical (unpaired) electrons. The van der Waals surface area contributed by atoms with E-state index < -0.39 is 0 Å². The Kier molecular flexibility index (Phi) is 6.05. The molecule has 0 aliphatic rings. The number of unbranched alkanes of at least 4 members (excludes halogenated alkanes) is 3. The maximum atomic E-state index is 11.7. The van der Waals surface area contributed by atoms with Crippen molar-refractivity contribution >= 4 is 23.0 Å². The van der Waals surface area contributed by atoms with Gasteiger partial charge in [-0.2, -0.15) is 0 Å². The molecule has 1 atom stereocenters. The highest BCUT2D eigenvalue weighted by molar-refractivity contribution is 7.12. The zero-order valence-electron chi connectivity index (χ0n) is 10.6. The number of hydrogen-bond acceptors (Lipinski definition) is 4. The number of rotatable bonds is 7. The molecule has 2 N–H and O–H groups in total. The average molecular weight is 255 g/mol. The van der Waals surface area contributed by atoms with E-state index in [1.807, 2.05) is 6.92 Å². The zero-order chi connectivity index (χ0) is 12.7. The maximum absolute atomic E-state index is 11.7. The molecule has 96 valence electrons. The summed E-state index contributed by atoms with van der Waals surface area (Å²) >= 11 is 1.33. The third-order valence-electron chi connectivity index (χ3n) is 2.65. The van der Waals surface area contributed by atoms with Crippen molar-refractivity contribution in [1.82, 2.24) is 0 Å². The minimum Gasteiger partial charge on any atom is -0.458 e. The first-order chi connectivity index (χ1) is 8.15. The molecule has 0 aliphatic heterocycles. The summed E-state index contributed by atoms with van der Waals surface area (Å²) in [7, 11) is 0. The topological polar surface area (TPSA) is 52.3 Å². The summed E-state index contributed by atoms with van der Waals surface area (Å²) in [4.78, 5) is 12.3. The zero-order valence-corrected chi connectivity index (χ0v) is 11.4. The summed E-state index contributed by atoms with van der Waals surface area (Å²) < 4.78 is 5.35. The van der Waals surface area contributed by atoms with E-state index >= 15 is 0 Å². The number of carbonyl (C=O) groups is 1. The molecule has 3 nitrogen and oxygen atoms in total. The minimum atomic E-state index is -0.291. The lowest BCUT2D eigenvalue weighted by Gasteiger charge is -2.12. The van der Waals surface area contributed by atoms with Crippen molar-refractivity contribution in [3.8, 4) is 0 Å². The van der Waals surface area contributed by atoms with Crippen LogP contribution in [0.3, 0.4) is 0 Å². The second-order valence-electron chi connectivity index (χ2n) is 4.27. The number of thiophene rings is 1. The van der Waals surface area contributed by atoms with Gasteiger partial charge in [0.05, 0.1) is 11.8 Å². The molecule has 0 fully saturated rings. The molecule has 1 aromatic heterocycles. The molecular weight excluding hydrogens is 234 g/mol. The highest BCUT2D eigenvalue weighted by Gasteiger charge is 2.15. The van der Waals surface area contributed by atoms with E-state index in [2.05, 4.69) is 6.92 Å². The van der Waals surface area contributed by atoms with Crippen molar-refractivity contribution in [2.24, 2.45) is 0 Å². The van der Waals surface area contributed by atoms with Crippen LogP contribution < -0.4 is 5.73 Å². The van der Waals surface area contributed by atoms with Crippen LogP contribution in [0.15, 0.2) is 11.4 Å². The first-order valence-electron chi connectivity index (χ1n) is 6.19. The van der Waals surface area contributed by atoms with Gasteiger partial charge in [0.25, 0.3) is 0 Å². The van der Waals surface area contributed by atoms with Crippen LogP contribution in [-0.2, 0) is 4.74 Å². The van der Waals surface area contributed by atoms with E-state index in [9.17, 15) is 4.79 Å². The third kappa shape index (κ3) is 4.77. The fourth-order valence-corrected chi connectivity index (χ4v) is 2.34. The number of nitrogen functional groups attached to an aromatic ring is 1. The molecule has 1 aromatic rings. The normalized spacial score (nSPS) is 12.4. The second kappa shape index (κ2) is 7.33. The van der Waals surface area contributed by atoms with Crippen molar-refractivity contribution in [2.75, 3.05) is 5.73 Å². The molecule has 0 saturated heterocycles. The smallest absolute Gasteiger partial charge is 0.350 e. The first kappa shape index (κ1) is 14.0. The Bertz CT molecular complexity index is 349. The van der Waals surface area contributed by atoms with Gasteiger partial charge in [-0.05, 0) is 31.2 Å². The predicted molar refractivity (Wildman–Crippen MR) is 72.4 cm³/mol. The summed E-state index contributed by atoms with van der Waals surface area (Å²) in [6, 6.07) is 1.73. The van der Waals surface area contributed by atoms with E-state index in [-0.39, 0.29) is 12.1 Å². The number of anilines is 1. The average Bonchev–Trinajstić information content (AvgIpc) is 2.71. The van der Waals surface area contributed by atoms with E-state index in [4.69, 9.17) is 10.5 Å². The minimum absolute atomic E-state index is 0.0270. The predicted octanol–water partition coefficient (Wildman–Crippen LogP) is 3.85. The molecule has 0 aromatic carbocycles. The molecule has 0 amide bonds. The van der Waals surface area contributed by atoms with Crippen LogP contribution in [0, 0.1) is 0 Å².